The first kappa shape index (κ1) is 18.3. The molecule has 0 aliphatic carbocycles. The van der Waals surface area contributed by atoms with Crippen LogP contribution in [0.4, 0.5) is 11.6 Å². The Bertz CT molecular complexity index is 769. The number of fused-ring (bicyclic) bond motifs is 1. The van der Waals surface area contributed by atoms with Crippen LogP contribution in [-0.4, -0.2) is 74.0 Å². The van der Waals surface area contributed by atoms with Crippen molar-refractivity contribution in [1.82, 2.24) is 24.6 Å². The first-order valence-electron chi connectivity index (χ1n) is 8.81. The summed E-state index contributed by atoms with van der Waals surface area (Å²) >= 11 is 0. The van der Waals surface area contributed by atoms with Gasteiger partial charge < -0.3 is 26.4 Å². The van der Waals surface area contributed by atoms with Gasteiger partial charge in [-0.2, -0.15) is 5.10 Å². The third kappa shape index (κ3) is 3.86. The minimum absolute atomic E-state index is 0.119. The molecule has 5 N–H and O–H groups in total. The molecule has 0 unspecified atom stereocenters. The maximum absolute atomic E-state index is 11.4. The molecule has 0 spiro atoms. The number of amides is 1. The smallest absolute Gasteiger partial charge is 0.219 e. The predicted molar refractivity (Wildman–Crippen MR) is 98.8 cm³/mol. The molecule has 0 radical (unpaired) electrons. The van der Waals surface area contributed by atoms with E-state index in [4.69, 9.17) is 5.73 Å². The standard InChI is InChI=1S/C16H26N8O2/c1-10(25)24-5-3-11(4-6-24)21-15-13-14(19-9-20-15)16(23(2)22-13)18-8-12(26)7-17/h9,11-12,18,26H,3-8,17H2,1-2H3,(H,19,20,21)/t12-/m0/s1. The van der Waals surface area contributed by atoms with Crippen LogP contribution in [0, 0.1) is 0 Å². The SMILES string of the molecule is CC(=O)N1CCC(Nc2ncnc3c(NC[C@@H](O)CN)n(C)nc23)CC1. The molecule has 1 aliphatic heterocycles. The molecule has 1 aliphatic rings. The van der Waals surface area contributed by atoms with Crippen molar-refractivity contribution >= 4 is 28.6 Å². The molecule has 2 aromatic heterocycles. The summed E-state index contributed by atoms with van der Waals surface area (Å²) in [4.78, 5) is 22.0. The predicted octanol–water partition coefficient (Wildman–Crippen LogP) is -0.482. The molecular formula is C16H26N8O2. The largest absolute Gasteiger partial charge is 0.390 e. The van der Waals surface area contributed by atoms with Gasteiger partial charge in [-0.25, -0.2) is 9.97 Å². The maximum Gasteiger partial charge on any atom is 0.219 e. The number of rotatable bonds is 6. The molecule has 1 atom stereocenters. The molecule has 1 fully saturated rings. The quantitative estimate of drug-likeness (QED) is 0.541. The van der Waals surface area contributed by atoms with E-state index in [1.165, 1.54) is 6.33 Å². The Kier molecular flexibility index (Phi) is 5.52. The molecule has 10 heteroatoms. The highest BCUT2D eigenvalue weighted by atomic mass is 16.3. The molecule has 142 valence electrons. The Morgan fingerprint density at radius 2 is 2.12 bits per heavy atom. The number of aryl methyl sites for hydroxylation is 1. The van der Waals surface area contributed by atoms with Gasteiger partial charge >= 0.3 is 0 Å². The molecule has 26 heavy (non-hydrogen) atoms. The number of carbonyl (C=O) groups excluding carboxylic acids is 1. The van der Waals surface area contributed by atoms with Crippen LogP contribution in [0.3, 0.4) is 0 Å². The summed E-state index contributed by atoms with van der Waals surface area (Å²) in [6, 6.07) is 0.237. The minimum Gasteiger partial charge on any atom is -0.390 e. The van der Waals surface area contributed by atoms with E-state index in [9.17, 15) is 9.90 Å². The summed E-state index contributed by atoms with van der Waals surface area (Å²) in [6.45, 7) is 3.59. The Labute approximate surface area is 151 Å². The van der Waals surface area contributed by atoms with E-state index in [1.807, 2.05) is 11.9 Å². The van der Waals surface area contributed by atoms with Gasteiger partial charge in [0.1, 0.15) is 11.8 Å². The lowest BCUT2D eigenvalue weighted by molar-refractivity contribution is -0.129. The maximum atomic E-state index is 11.4. The zero-order valence-electron chi connectivity index (χ0n) is 15.1. The number of anilines is 2. The summed E-state index contributed by atoms with van der Waals surface area (Å²) in [5.41, 5.74) is 6.81. The van der Waals surface area contributed by atoms with Crippen molar-refractivity contribution < 1.29 is 9.90 Å². The van der Waals surface area contributed by atoms with Crippen LogP contribution >= 0.6 is 0 Å². The summed E-state index contributed by atoms with van der Waals surface area (Å²) in [6.07, 6.45) is 2.60. The number of likely N-dealkylation sites (tertiary alicyclic amines) is 1. The van der Waals surface area contributed by atoms with E-state index in [-0.39, 0.29) is 18.5 Å². The molecule has 3 heterocycles. The number of hydrogen-bond donors (Lipinski definition) is 4. The minimum atomic E-state index is -0.633. The molecule has 10 nitrogen and oxygen atoms in total. The van der Waals surface area contributed by atoms with E-state index in [2.05, 4.69) is 25.7 Å². The van der Waals surface area contributed by atoms with E-state index < -0.39 is 6.10 Å². The van der Waals surface area contributed by atoms with Crippen molar-refractivity contribution in [3.8, 4) is 0 Å². The highest BCUT2D eigenvalue weighted by Crippen LogP contribution is 2.26. The summed E-state index contributed by atoms with van der Waals surface area (Å²) in [5, 5.41) is 20.8. The number of nitrogens with one attached hydrogen (secondary N) is 2. The van der Waals surface area contributed by atoms with Crippen LogP contribution in [0.5, 0.6) is 0 Å². The van der Waals surface area contributed by atoms with Gasteiger partial charge in [-0.1, -0.05) is 0 Å². The summed E-state index contributed by atoms with van der Waals surface area (Å²) in [7, 11) is 1.81. The van der Waals surface area contributed by atoms with E-state index >= 15 is 0 Å². The fraction of sp³-hybridized carbons (Fsp3) is 0.625. The molecule has 0 aromatic carbocycles. The average molecular weight is 362 g/mol. The number of nitrogens with two attached hydrogens (primary N) is 1. The van der Waals surface area contributed by atoms with Crippen LogP contribution in [0.25, 0.3) is 11.0 Å². The van der Waals surface area contributed by atoms with Gasteiger partial charge in [0.25, 0.3) is 0 Å². The number of carbonyl (C=O) groups is 1. The van der Waals surface area contributed by atoms with E-state index in [0.29, 0.717) is 29.2 Å². The Balaban J connectivity index is 1.75. The number of aliphatic hydroxyl groups is 1. The van der Waals surface area contributed by atoms with Crippen molar-refractivity contribution in [1.29, 1.82) is 0 Å². The van der Waals surface area contributed by atoms with Crippen molar-refractivity contribution in [2.24, 2.45) is 12.8 Å². The second kappa shape index (κ2) is 7.83. The highest BCUT2D eigenvalue weighted by Gasteiger charge is 2.23. The number of nitrogens with zero attached hydrogens (tertiary/aromatic N) is 5. The van der Waals surface area contributed by atoms with Crippen LogP contribution < -0.4 is 16.4 Å². The Hall–Kier alpha value is -2.46. The van der Waals surface area contributed by atoms with Crippen LogP contribution in [-0.2, 0) is 11.8 Å². The topological polar surface area (TPSA) is 134 Å². The van der Waals surface area contributed by atoms with Crippen molar-refractivity contribution in [2.45, 2.75) is 31.9 Å². The lowest BCUT2D eigenvalue weighted by Gasteiger charge is -2.31. The second-order valence-corrected chi connectivity index (χ2v) is 6.59. The van der Waals surface area contributed by atoms with Gasteiger partial charge in [0.05, 0.1) is 6.10 Å². The van der Waals surface area contributed by atoms with Crippen LogP contribution in [0.2, 0.25) is 0 Å². The number of aromatic nitrogens is 4. The van der Waals surface area contributed by atoms with E-state index in [1.54, 1.807) is 11.6 Å². The van der Waals surface area contributed by atoms with Gasteiger partial charge in [-0.3, -0.25) is 9.48 Å². The molecule has 0 saturated carbocycles. The highest BCUT2D eigenvalue weighted by molar-refractivity contribution is 5.93. The van der Waals surface area contributed by atoms with Crippen LogP contribution in [0.1, 0.15) is 19.8 Å². The molecule has 1 amide bonds. The fourth-order valence-electron chi connectivity index (χ4n) is 3.13. The number of aliphatic hydroxyl groups excluding tert-OH is 1. The van der Waals surface area contributed by atoms with Gasteiger partial charge in [0.2, 0.25) is 5.91 Å². The molecule has 0 bridgehead atoms. The second-order valence-electron chi connectivity index (χ2n) is 6.59. The van der Waals surface area contributed by atoms with Crippen molar-refractivity contribution in [3.63, 3.8) is 0 Å². The molecular weight excluding hydrogens is 336 g/mol. The van der Waals surface area contributed by atoms with Gasteiger partial charge in [-0.05, 0) is 12.8 Å². The summed E-state index contributed by atoms with van der Waals surface area (Å²) in [5.74, 6) is 1.51. The molecule has 2 aromatic rings. The molecule has 3 rings (SSSR count). The van der Waals surface area contributed by atoms with Gasteiger partial charge in [0, 0.05) is 46.2 Å². The zero-order valence-corrected chi connectivity index (χ0v) is 15.1. The summed E-state index contributed by atoms with van der Waals surface area (Å²) < 4.78 is 1.69. The first-order chi connectivity index (χ1) is 12.5. The average Bonchev–Trinajstić information content (AvgIpc) is 2.96. The van der Waals surface area contributed by atoms with Gasteiger partial charge in [0.15, 0.2) is 17.2 Å². The lowest BCUT2D eigenvalue weighted by Crippen LogP contribution is -2.41. The van der Waals surface area contributed by atoms with Crippen molar-refractivity contribution in [3.05, 3.63) is 6.33 Å². The normalized spacial score (nSPS) is 16.7. The third-order valence-electron chi connectivity index (χ3n) is 4.68. The third-order valence-corrected chi connectivity index (χ3v) is 4.68. The van der Waals surface area contributed by atoms with E-state index in [0.717, 1.165) is 25.9 Å². The van der Waals surface area contributed by atoms with Gasteiger partial charge in [-0.15, -0.1) is 0 Å². The fourth-order valence-corrected chi connectivity index (χ4v) is 3.13. The monoisotopic (exact) mass is 362 g/mol. The Morgan fingerprint density at radius 1 is 1.38 bits per heavy atom. The van der Waals surface area contributed by atoms with Crippen molar-refractivity contribution in [2.75, 3.05) is 36.8 Å². The Morgan fingerprint density at radius 3 is 2.77 bits per heavy atom. The number of piperidine rings is 1. The molecule has 1 saturated heterocycles. The van der Waals surface area contributed by atoms with Crippen LogP contribution in [0.15, 0.2) is 6.33 Å². The first-order valence-corrected chi connectivity index (χ1v) is 8.81. The lowest BCUT2D eigenvalue weighted by atomic mass is 10.1. The zero-order chi connectivity index (χ0) is 18.7. The number of hydrogen-bond acceptors (Lipinski definition) is 8.